The van der Waals surface area contributed by atoms with Crippen LogP contribution in [0.25, 0.3) is 10.8 Å². The lowest BCUT2D eigenvalue weighted by Gasteiger charge is -2.25. The molecule has 0 unspecified atom stereocenters. The van der Waals surface area contributed by atoms with Gasteiger partial charge in [-0.3, -0.25) is 19.8 Å². The Labute approximate surface area is 308 Å². The Morgan fingerprint density at radius 3 is 1.96 bits per heavy atom. The van der Waals surface area contributed by atoms with E-state index in [-0.39, 0.29) is 44.4 Å². The number of nitrogens with one attached hydrogen (secondary N) is 5. The number of nitrogens with two attached hydrogens (primary N) is 1. The molecule has 0 heterocycles. The van der Waals surface area contributed by atoms with Gasteiger partial charge in [0.2, 0.25) is 27.7 Å². The molecule has 4 aromatic carbocycles. The highest BCUT2D eigenvalue weighted by molar-refractivity contribution is 7.89. The number of nitro groups is 1. The van der Waals surface area contributed by atoms with Crippen LogP contribution in [0.5, 0.6) is 0 Å². The van der Waals surface area contributed by atoms with Crippen molar-refractivity contribution in [2.75, 3.05) is 19.3 Å². The molecule has 3 atom stereocenters. The molecule has 0 aliphatic carbocycles. The Bertz CT molecular complexity index is 1980. The molecular formula is C37H44N8O7S. The molecule has 7 N–H and O–H groups in total. The van der Waals surface area contributed by atoms with Crippen LogP contribution >= 0.6 is 0 Å². The number of carbonyl (C=O) groups is 3. The van der Waals surface area contributed by atoms with Crippen LogP contribution in [0.3, 0.4) is 0 Å². The van der Waals surface area contributed by atoms with E-state index in [1.165, 1.54) is 7.05 Å². The zero-order valence-electron chi connectivity index (χ0n) is 29.2. The molecule has 0 aromatic heterocycles. The number of carbonyl (C=O) groups excluding carboxylic acids is 3. The summed E-state index contributed by atoms with van der Waals surface area (Å²) in [6, 6.07) is 27.3. The van der Waals surface area contributed by atoms with Gasteiger partial charge < -0.3 is 21.7 Å². The summed E-state index contributed by atoms with van der Waals surface area (Å²) in [5, 5.41) is 28.3. The van der Waals surface area contributed by atoms with E-state index < -0.39 is 56.9 Å². The summed E-state index contributed by atoms with van der Waals surface area (Å²) < 4.78 is 29.1. The number of rotatable bonds is 19. The summed E-state index contributed by atoms with van der Waals surface area (Å²) >= 11 is 0. The van der Waals surface area contributed by atoms with Gasteiger partial charge in [0, 0.05) is 13.5 Å². The van der Waals surface area contributed by atoms with Gasteiger partial charge in [0.1, 0.15) is 18.1 Å². The number of hydrogen-bond acceptors (Lipinski definition) is 8. The molecule has 0 fully saturated rings. The van der Waals surface area contributed by atoms with Crippen LogP contribution in [0.2, 0.25) is 0 Å². The van der Waals surface area contributed by atoms with Gasteiger partial charge in [-0.25, -0.2) is 23.3 Å². The second-order valence-electron chi connectivity index (χ2n) is 12.4. The Morgan fingerprint density at radius 2 is 1.34 bits per heavy atom. The van der Waals surface area contributed by atoms with Crippen molar-refractivity contribution in [3.05, 3.63) is 130 Å². The van der Waals surface area contributed by atoms with Crippen molar-refractivity contribution in [1.29, 1.82) is 5.41 Å². The van der Waals surface area contributed by atoms with Crippen LogP contribution < -0.4 is 26.4 Å². The smallest absolute Gasteiger partial charge is 0.251 e. The lowest BCUT2D eigenvalue weighted by atomic mass is 10.0. The number of likely N-dealkylation sites (N-methyl/N-ethyl adjacent to an activating group) is 1. The van der Waals surface area contributed by atoms with E-state index in [9.17, 15) is 32.9 Å². The highest BCUT2D eigenvalue weighted by Crippen LogP contribution is 2.17. The fraction of sp³-hybridized carbons (Fsp3) is 0.297. The molecule has 0 bridgehead atoms. The number of nitrogens with zero attached hydrogens (tertiary/aromatic N) is 2. The molecule has 4 aromatic rings. The first-order valence-corrected chi connectivity index (χ1v) is 18.6. The topological polar surface area (TPSA) is 230 Å². The Kier molecular flexibility index (Phi) is 14.4. The lowest BCUT2D eigenvalue weighted by molar-refractivity contribution is -0.629. The predicted octanol–water partition coefficient (Wildman–Crippen LogP) is 2.04. The molecule has 0 aliphatic heterocycles. The monoisotopic (exact) mass is 744 g/mol. The first-order chi connectivity index (χ1) is 25.3. The number of aryl methyl sites for hydroxylation is 1. The first kappa shape index (κ1) is 39.9. The van der Waals surface area contributed by atoms with E-state index in [0.29, 0.717) is 10.6 Å². The summed E-state index contributed by atoms with van der Waals surface area (Å²) in [4.78, 5) is 52.3. The third-order valence-electron chi connectivity index (χ3n) is 8.53. The number of hydrogen-bond donors (Lipinski definition) is 6. The van der Waals surface area contributed by atoms with Crippen LogP contribution in [-0.2, 0) is 43.7 Å². The Morgan fingerprint density at radius 1 is 0.774 bits per heavy atom. The van der Waals surface area contributed by atoms with E-state index >= 15 is 0 Å². The van der Waals surface area contributed by atoms with E-state index in [4.69, 9.17) is 11.1 Å². The van der Waals surface area contributed by atoms with E-state index in [1.807, 2.05) is 48.5 Å². The summed E-state index contributed by atoms with van der Waals surface area (Å²) in [6.07, 6.45) is -0.00501. The molecule has 15 nitrogen and oxygen atoms in total. The van der Waals surface area contributed by atoms with Crippen LogP contribution in [0, 0.1) is 15.5 Å². The molecule has 0 radical (unpaired) electrons. The largest absolute Gasteiger partial charge is 0.365 e. The van der Waals surface area contributed by atoms with Crippen LogP contribution in [-0.4, -0.2) is 79.6 Å². The number of guanidine groups is 1. The van der Waals surface area contributed by atoms with Crippen molar-refractivity contribution < 1.29 is 27.8 Å². The number of fused-ring (bicyclic) bond motifs is 1. The number of hydrazine groups is 1. The van der Waals surface area contributed by atoms with Crippen molar-refractivity contribution in [3.8, 4) is 0 Å². The van der Waals surface area contributed by atoms with Crippen LogP contribution in [0.15, 0.2) is 103 Å². The first-order valence-electron chi connectivity index (χ1n) is 17.0. The van der Waals surface area contributed by atoms with Gasteiger partial charge in [0.25, 0.3) is 5.96 Å². The average Bonchev–Trinajstić information content (AvgIpc) is 3.14. The molecule has 0 saturated heterocycles. The Balaban J connectivity index is 1.57. The third-order valence-corrected chi connectivity index (χ3v) is 9.91. The predicted molar refractivity (Wildman–Crippen MR) is 201 cm³/mol. The molecular weight excluding hydrogens is 701 g/mol. The highest BCUT2D eigenvalue weighted by Gasteiger charge is 2.31. The van der Waals surface area contributed by atoms with Crippen molar-refractivity contribution in [3.63, 3.8) is 0 Å². The summed E-state index contributed by atoms with van der Waals surface area (Å²) in [7, 11) is -2.59. The third kappa shape index (κ3) is 12.4. The maximum Gasteiger partial charge on any atom is 0.251 e. The molecule has 4 rings (SSSR count). The number of amides is 3. The quantitative estimate of drug-likeness (QED) is 0.0357. The standard InChI is InChI=1S/C37H44N8O7S/c1-40-34(46)32(25-28-18-19-29-15-8-9-16-30(29)23-28)42-35(47)31(17-10-21-44(37(38)39)45(49)50)41-36(48)33(24-27-13-6-3-7-14-27)43-53(51,52)22-20-26-11-4-2-5-12-26/h2-9,11-16,18-19,23,31-33,43H,10,17,20-22,24-25H2,1H3,(H3,38,39)(H,40,46)(H,41,48)(H,42,47)/t31-,32-,33+/m0/s1. The molecule has 0 saturated carbocycles. The second kappa shape index (κ2) is 19.1. The second-order valence-corrected chi connectivity index (χ2v) is 14.3. The minimum absolute atomic E-state index is 0.0478. The van der Waals surface area contributed by atoms with Crippen molar-refractivity contribution in [1.82, 2.24) is 25.7 Å². The molecule has 3 amide bonds. The number of sulfonamides is 1. The van der Waals surface area contributed by atoms with Gasteiger partial charge in [-0.1, -0.05) is 108 Å². The Hall–Kier alpha value is -5.87. The highest BCUT2D eigenvalue weighted by atomic mass is 32.2. The van der Waals surface area contributed by atoms with Gasteiger partial charge >= 0.3 is 0 Å². The average molecular weight is 745 g/mol. The maximum absolute atomic E-state index is 13.9. The van der Waals surface area contributed by atoms with Crippen LogP contribution in [0.4, 0.5) is 0 Å². The minimum Gasteiger partial charge on any atom is -0.365 e. The van der Waals surface area contributed by atoms with E-state index in [1.54, 1.807) is 54.6 Å². The van der Waals surface area contributed by atoms with Gasteiger partial charge in [-0.2, -0.15) is 0 Å². The SMILES string of the molecule is CNC(=O)[C@H](Cc1ccc2ccccc2c1)NC(=O)[C@H](CCCN(C(=N)N)[N+](=O)[O-])NC(=O)[C@@H](Cc1ccccc1)NS(=O)(=O)CCc1ccccc1. The number of benzene rings is 4. The fourth-order valence-corrected chi connectivity index (χ4v) is 6.99. The zero-order chi connectivity index (χ0) is 38.4. The maximum atomic E-state index is 13.9. The fourth-order valence-electron chi connectivity index (χ4n) is 5.74. The van der Waals surface area contributed by atoms with E-state index in [0.717, 1.165) is 21.9 Å². The normalized spacial score (nSPS) is 12.9. The van der Waals surface area contributed by atoms with Gasteiger partial charge in [-0.15, -0.1) is 0 Å². The molecule has 16 heteroatoms. The molecule has 53 heavy (non-hydrogen) atoms. The summed E-state index contributed by atoms with van der Waals surface area (Å²) in [5.41, 5.74) is 7.56. The molecule has 0 spiro atoms. The van der Waals surface area contributed by atoms with Crippen molar-refractivity contribution >= 4 is 44.5 Å². The van der Waals surface area contributed by atoms with Gasteiger partial charge in [0.05, 0.1) is 12.3 Å². The summed E-state index contributed by atoms with van der Waals surface area (Å²) in [6.45, 7) is -0.364. The van der Waals surface area contributed by atoms with Crippen LogP contribution in [0.1, 0.15) is 29.5 Å². The molecule has 0 aliphatic rings. The zero-order valence-corrected chi connectivity index (χ0v) is 30.1. The van der Waals surface area contributed by atoms with E-state index in [2.05, 4.69) is 20.7 Å². The summed E-state index contributed by atoms with van der Waals surface area (Å²) in [5.74, 6) is -3.21. The lowest BCUT2D eigenvalue weighted by Crippen LogP contribution is -2.57. The van der Waals surface area contributed by atoms with Gasteiger partial charge in [-0.05, 0) is 53.1 Å². The molecule has 280 valence electrons. The van der Waals surface area contributed by atoms with Crippen molar-refractivity contribution in [2.24, 2.45) is 5.73 Å². The van der Waals surface area contributed by atoms with Crippen molar-refractivity contribution in [2.45, 2.75) is 50.2 Å². The van der Waals surface area contributed by atoms with Gasteiger partial charge in [0.15, 0.2) is 5.03 Å². The minimum atomic E-state index is -4.01.